The molecule has 0 spiro atoms. The van der Waals surface area contributed by atoms with E-state index in [4.69, 9.17) is 9.72 Å². The zero-order valence-electron chi connectivity index (χ0n) is 36.3. The van der Waals surface area contributed by atoms with Crippen molar-refractivity contribution in [2.45, 2.75) is 109 Å². The standard InChI is InChI=1S/C45H57F2N11O5/c1-45(2)27-55(22-23-63-45)36-18-21-56-41(50-36)32(24-48-56)42(60)49-33-26-57(52-38(33)40(46)47)31-12-10-29(11-13-31)25-54-19-16-28(17-20-54)6-4-7-30-8-5-9-34-39(30)53(3)44(62)58(34)35-14-15-37(59)51-43(35)61/h5,8-9,18,21,24,26,28-29,31,35,40H,4,6-7,10-17,19-20,22-23,25,27H2,1-3H3,(H,49,60)(H,51,59,61)/t29-,31-,35?. The quantitative estimate of drug-likeness (QED) is 0.146. The van der Waals surface area contributed by atoms with Crippen LogP contribution in [-0.2, 0) is 27.8 Å². The Kier molecular flexibility index (Phi) is 11.9. The number of benzene rings is 1. The third-order valence-corrected chi connectivity index (χ3v) is 13.7. The van der Waals surface area contributed by atoms with Crippen molar-refractivity contribution in [1.29, 1.82) is 0 Å². The van der Waals surface area contributed by atoms with E-state index in [9.17, 15) is 28.0 Å². The molecular formula is C45H57F2N11O5. The number of ether oxygens (including phenoxy) is 1. The van der Waals surface area contributed by atoms with Gasteiger partial charge in [-0.15, -0.1) is 0 Å². The van der Waals surface area contributed by atoms with Crippen LogP contribution < -0.4 is 21.2 Å². The molecule has 2 N–H and O–H groups in total. The Balaban J connectivity index is 0.750. The number of nitrogens with zero attached hydrogens (tertiary/aromatic N) is 9. The average molecular weight is 870 g/mol. The van der Waals surface area contributed by atoms with E-state index in [1.165, 1.54) is 10.7 Å². The highest BCUT2D eigenvalue weighted by molar-refractivity contribution is 6.08. The van der Waals surface area contributed by atoms with Gasteiger partial charge in [0.15, 0.2) is 11.3 Å². The molecule has 1 saturated carbocycles. The van der Waals surface area contributed by atoms with Crippen LogP contribution in [-0.4, -0.2) is 101 Å². The summed E-state index contributed by atoms with van der Waals surface area (Å²) in [5.74, 6) is 0.546. The van der Waals surface area contributed by atoms with Crippen LogP contribution in [0.2, 0.25) is 0 Å². The highest BCUT2D eigenvalue weighted by Gasteiger charge is 2.33. The predicted octanol–water partition coefficient (Wildman–Crippen LogP) is 5.83. The monoisotopic (exact) mass is 869 g/mol. The maximum absolute atomic E-state index is 14.3. The van der Waals surface area contributed by atoms with Crippen molar-refractivity contribution in [3.8, 4) is 0 Å². The third kappa shape index (κ3) is 8.88. The number of hydrogen-bond donors (Lipinski definition) is 2. The Morgan fingerprint density at radius 1 is 1.02 bits per heavy atom. The molecule has 4 aliphatic rings. The van der Waals surface area contributed by atoms with Gasteiger partial charge in [0, 0.05) is 45.5 Å². The summed E-state index contributed by atoms with van der Waals surface area (Å²) in [4.78, 5) is 60.7. The van der Waals surface area contributed by atoms with Gasteiger partial charge in [-0.25, -0.2) is 23.1 Å². The molecule has 18 heteroatoms. The Morgan fingerprint density at radius 3 is 2.56 bits per heavy atom. The normalized spacial score (nSPS) is 22.6. The Morgan fingerprint density at radius 2 is 1.81 bits per heavy atom. The van der Waals surface area contributed by atoms with Gasteiger partial charge in [0.25, 0.3) is 12.3 Å². The molecule has 9 rings (SSSR count). The number of rotatable bonds is 12. The number of imidazole rings is 1. The first-order chi connectivity index (χ1) is 30.3. The summed E-state index contributed by atoms with van der Waals surface area (Å²) < 4.78 is 40.8. The lowest BCUT2D eigenvalue weighted by Crippen LogP contribution is -2.48. The summed E-state index contributed by atoms with van der Waals surface area (Å²) >= 11 is 0. The first kappa shape index (κ1) is 42.8. The number of aromatic nitrogens is 7. The Bertz CT molecular complexity index is 2560. The minimum absolute atomic E-state index is 0.00281. The molecule has 16 nitrogen and oxygen atoms in total. The van der Waals surface area contributed by atoms with Crippen molar-refractivity contribution in [3.63, 3.8) is 0 Å². The number of amides is 3. The van der Waals surface area contributed by atoms with Crippen molar-refractivity contribution in [2.75, 3.05) is 49.5 Å². The van der Waals surface area contributed by atoms with Gasteiger partial charge < -0.3 is 19.9 Å². The number of fused-ring (bicyclic) bond motifs is 2. The van der Waals surface area contributed by atoms with Crippen molar-refractivity contribution in [2.24, 2.45) is 18.9 Å². The second kappa shape index (κ2) is 17.6. The average Bonchev–Trinajstić information content (AvgIpc) is 3.96. The van der Waals surface area contributed by atoms with Crippen molar-refractivity contribution in [1.82, 2.24) is 43.7 Å². The second-order valence-electron chi connectivity index (χ2n) is 18.6. The summed E-state index contributed by atoms with van der Waals surface area (Å²) in [6.07, 6.45) is 11.2. The molecule has 3 saturated heterocycles. The molecule has 3 amide bonds. The van der Waals surface area contributed by atoms with Gasteiger partial charge in [0.2, 0.25) is 11.8 Å². The van der Waals surface area contributed by atoms with Gasteiger partial charge in [-0.3, -0.25) is 33.5 Å². The number of likely N-dealkylation sites (tertiary alicyclic amines) is 1. The zero-order valence-corrected chi connectivity index (χ0v) is 36.3. The molecule has 3 aliphatic heterocycles. The number of imide groups is 1. The molecule has 0 bridgehead atoms. The van der Waals surface area contributed by atoms with Crippen LogP contribution in [0.5, 0.6) is 0 Å². The molecule has 1 atom stereocenters. The van der Waals surface area contributed by atoms with Crippen LogP contribution in [0.1, 0.15) is 118 Å². The molecular weight excluding hydrogens is 813 g/mol. The molecule has 1 aromatic carbocycles. The number of nitrogens with one attached hydrogen (secondary N) is 2. The molecule has 4 aromatic heterocycles. The lowest BCUT2D eigenvalue weighted by molar-refractivity contribution is -0.135. The molecule has 5 aromatic rings. The molecule has 1 unspecified atom stereocenters. The van der Waals surface area contributed by atoms with Crippen LogP contribution in [0.15, 0.2) is 47.7 Å². The van der Waals surface area contributed by atoms with Crippen molar-refractivity contribution in [3.05, 3.63) is 70.2 Å². The summed E-state index contributed by atoms with van der Waals surface area (Å²) in [6, 6.07) is 7.02. The van der Waals surface area contributed by atoms with E-state index in [2.05, 4.69) is 36.7 Å². The first-order valence-electron chi connectivity index (χ1n) is 22.5. The first-order valence-corrected chi connectivity index (χ1v) is 22.5. The third-order valence-electron chi connectivity index (χ3n) is 13.7. The van der Waals surface area contributed by atoms with Crippen LogP contribution >= 0.6 is 0 Å². The molecule has 63 heavy (non-hydrogen) atoms. The van der Waals surface area contributed by atoms with Crippen molar-refractivity contribution < 1.29 is 27.9 Å². The highest BCUT2D eigenvalue weighted by atomic mass is 19.3. The SMILES string of the molecule is Cn1c(=O)n(C2CCC(=O)NC2=O)c2cccc(CCCC3CCN(C[C@H]4CC[C@H](n5cc(NC(=O)c6cnn7ccc(N8CCOC(C)(C)C8)nc67)c(C(F)F)n5)CC4)CC3)c21. The predicted molar refractivity (Wildman–Crippen MR) is 232 cm³/mol. The number of para-hydroxylation sites is 1. The number of carbonyl (C=O) groups excluding carboxylic acids is 3. The second-order valence-corrected chi connectivity index (χ2v) is 18.6. The Hall–Kier alpha value is -5.49. The van der Waals surface area contributed by atoms with E-state index in [1.54, 1.807) is 33.3 Å². The van der Waals surface area contributed by atoms with Gasteiger partial charge >= 0.3 is 5.69 Å². The number of alkyl halides is 2. The van der Waals surface area contributed by atoms with E-state index < -0.39 is 30.0 Å². The summed E-state index contributed by atoms with van der Waals surface area (Å²) in [5, 5.41) is 13.7. The summed E-state index contributed by atoms with van der Waals surface area (Å²) in [6.45, 7) is 9.01. The number of anilines is 2. The minimum Gasteiger partial charge on any atom is -0.372 e. The number of morpholine rings is 1. The van der Waals surface area contributed by atoms with Crippen LogP contribution in [0.3, 0.4) is 0 Å². The zero-order chi connectivity index (χ0) is 44.0. The fraction of sp³-hybridized carbons (Fsp3) is 0.578. The lowest BCUT2D eigenvalue weighted by Gasteiger charge is -2.38. The van der Waals surface area contributed by atoms with Gasteiger partial charge in [-0.05, 0) is 114 Å². The molecule has 1 aliphatic carbocycles. The molecule has 4 fully saturated rings. The van der Waals surface area contributed by atoms with Gasteiger partial charge in [0.05, 0.1) is 41.2 Å². The minimum atomic E-state index is -2.86. The van der Waals surface area contributed by atoms with Gasteiger partial charge in [0.1, 0.15) is 17.4 Å². The van der Waals surface area contributed by atoms with Crippen LogP contribution in [0.4, 0.5) is 20.3 Å². The van der Waals surface area contributed by atoms with E-state index in [0.717, 1.165) is 94.0 Å². The Labute approximate surface area is 363 Å². The maximum Gasteiger partial charge on any atom is 0.329 e. The summed E-state index contributed by atoms with van der Waals surface area (Å²) in [7, 11) is 1.75. The highest BCUT2D eigenvalue weighted by Crippen LogP contribution is 2.36. The number of piperidine rings is 2. The van der Waals surface area contributed by atoms with E-state index in [0.29, 0.717) is 49.4 Å². The van der Waals surface area contributed by atoms with Gasteiger partial charge in [-0.2, -0.15) is 10.2 Å². The van der Waals surface area contributed by atoms with E-state index in [1.807, 2.05) is 32.0 Å². The fourth-order valence-corrected chi connectivity index (χ4v) is 10.4. The molecule has 336 valence electrons. The molecule has 7 heterocycles. The lowest BCUT2D eigenvalue weighted by atomic mass is 9.84. The maximum atomic E-state index is 14.3. The number of hydrogen-bond acceptors (Lipinski definition) is 10. The van der Waals surface area contributed by atoms with E-state index in [-0.39, 0.29) is 40.9 Å². The van der Waals surface area contributed by atoms with Crippen LogP contribution in [0, 0.1) is 11.8 Å². The smallest absolute Gasteiger partial charge is 0.329 e. The summed E-state index contributed by atoms with van der Waals surface area (Å²) in [5.41, 5.74) is 2.17. The largest absolute Gasteiger partial charge is 0.372 e. The fourth-order valence-electron chi connectivity index (χ4n) is 10.4. The van der Waals surface area contributed by atoms with Crippen molar-refractivity contribution >= 4 is 45.9 Å². The van der Waals surface area contributed by atoms with Gasteiger partial charge in [-0.1, -0.05) is 18.6 Å². The van der Waals surface area contributed by atoms with E-state index >= 15 is 0 Å². The number of carbonyl (C=O) groups is 3. The molecule has 0 radical (unpaired) electrons. The number of aryl methyl sites for hydroxylation is 2. The van der Waals surface area contributed by atoms with Crippen LogP contribution in [0.25, 0.3) is 16.7 Å². The topological polar surface area (TPSA) is 166 Å². The number of halogens is 2.